The van der Waals surface area contributed by atoms with E-state index < -0.39 is 17.8 Å². The molecule has 4 aliphatic rings. The van der Waals surface area contributed by atoms with Crippen LogP contribution in [0.4, 0.5) is 9.59 Å². The van der Waals surface area contributed by atoms with Crippen LogP contribution in [0.25, 0.3) is 0 Å². The largest absolute Gasteiger partial charge is 0.465 e. The molecule has 13 nitrogen and oxygen atoms in total. The Morgan fingerprint density at radius 1 is 0.694 bits per heavy atom. The fourth-order valence-corrected chi connectivity index (χ4v) is 10.9. The standard InChI is InChI=1S/C27H46.C22H44N2O11/c1-19(2)9-8-10-20(3)23-14-15-24-22-13-12-21-11-6-7-17-26(21,4)25(22)16-18-27(23,24)5;1-22(2,3)35-21(27)24-5-7-29-9-11-31-13-15-33-17-19-34-18-16-32-14-12-30-10-8-28-6-4-23-20(25)26/h12,19-20,22-25H,6-11,13-18H2,1-5H3;23H,4-19H2,1-3H3,(H,24,27)(H,25,26)/t20?,22?,23?,24?,25?,26-,27+;/m0./s1. The summed E-state index contributed by atoms with van der Waals surface area (Å²) in [6, 6.07) is 0. The summed E-state index contributed by atoms with van der Waals surface area (Å²) in [5.74, 6) is 5.84. The minimum absolute atomic E-state index is 0.256. The van der Waals surface area contributed by atoms with Crippen LogP contribution in [0.15, 0.2) is 11.6 Å². The van der Waals surface area contributed by atoms with E-state index in [-0.39, 0.29) is 6.54 Å². The van der Waals surface area contributed by atoms with Crippen LogP contribution in [0.5, 0.6) is 0 Å². The molecule has 3 fully saturated rings. The number of hydrogen-bond donors (Lipinski definition) is 3. The first-order valence-electron chi connectivity index (χ1n) is 24.3. The number of ether oxygens (including phenoxy) is 8. The predicted molar refractivity (Wildman–Crippen MR) is 244 cm³/mol. The fraction of sp³-hybridized carbons (Fsp3) is 0.918. The SMILES string of the molecule is CC(C)(C)OC(=O)NCCOCCOCCOCCOCCOCCOCCOCCNC(=O)O.CC(C)CCCC(C)C1CCC2C3CC=C4CCCC[C@]4(C)C3CC[C@]12C. The molecule has 0 aromatic rings. The highest BCUT2D eigenvalue weighted by Crippen LogP contribution is 2.67. The van der Waals surface area contributed by atoms with Gasteiger partial charge < -0.3 is 53.6 Å². The molecule has 4 aliphatic carbocycles. The van der Waals surface area contributed by atoms with Gasteiger partial charge in [-0.1, -0.05) is 72.0 Å². The summed E-state index contributed by atoms with van der Waals surface area (Å²) in [7, 11) is 0. The van der Waals surface area contributed by atoms with Crippen LogP contribution < -0.4 is 10.6 Å². The van der Waals surface area contributed by atoms with E-state index in [2.05, 4.69) is 51.3 Å². The molecule has 3 saturated carbocycles. The lowest BCUT2D eigenvalue weighted by atomic mass is 9.47. The first-order chi connectivity index (χ1) is 29.7. The van der Waals surface area contributed by atoms with Crippen LogP contribution >= 0.6 is 0 Å². The Kier molecular flexibility index (Phi) is 25.9. The van der Waals surface area contributed by atoms with Gasteiger partial charge in [-0.15, -0.1) is 0 Å². The number of hydrogen-bond acceptors (Lipinski definition) is 10. The number of carbonyl (C=O) groups excluding carboxylic acids is 1. The third-order valence-corrected chi connectivity index (χ3v) is 13.9. The first-order valence-corrected chi connectivity index (χ1v) is 24.3. The molecule has 0 spiro atoms. The maximum atomic E-state index is 11.4. The molecule has 0 aromatic carbocycles. The smallest absolute Gasteiger partial charge is 0.407 e. The number of alkyl carbamates (subject to hydrolysis) is 1. The van der Waals surface area contributed by atoms with Crippen molar-refractivity contribution in [3.8, 4) is 0 Å². The molecule has 5 unspecified atom stereocenters. The minimum Gasteiger partial charge on any atom is -0.465 e. The molecular formula is C49H90N2O11. The summed E-state index contributed by atoms with van der Waals surface area (Å²) in [5.41, 5.74) is 2.58. The van der Waals surface area contributed by atoms with Crippen molar-refractivity contribution in [2.45, 2.75) is 138 Å². The molecule has 0 aliphatic heterocycles. The second-order valence-corrected chi connectivity index (χ2v) is 19.9. The van der Waals surface area contributed by atoms with Gasteiger partial charge >= 0.3 is 12.2 Å². The Balaban J connectivity index is 0.000000339. The lowest BCUT2D eigenvalue weighted by Gasteiger charge is -2.58. The Morgan fingerprint density at radius 3 is 1.71 bits per heavy atom. The van der Waals surface area contributed by atoms with E-state index in [1.807, 2.05) is 26.3 Å². The summed E-state index contributed by atoms with van der Waals surface area (Å²) in [6.07, 6.45) is 18.9. The molecule has 362 valence electrons. The first kappa shape index (κ1) is 54.3. The van der Waals surface area contributed by atoms with Gasteiger partial charge in [-0.05, 0) is 118 Å². The Morgan fingerprint density at radius 2 is 1.21 bits per heavy atom. The highest BCUT2D eigenvalue weighted by atomic mass is 16.6. The second kappa shape index (κ2) is 29.5. The van der Waals surface area contributed by atoms with Gasteiger partial charge in [0.05, 0.1) is 92.5 Å². The molecule has 0 saturated heterocycles. The van der Waals surface area contributed by atoms with Gasteiger partial charge in [0, 0.05) is 13.1 Å². The van der Waals surface area contributed by atoms with E-state index in [0.29, 0.717) is 110 Å². The highest BCUT2D eigenvalue weighted by Gasteiger charge is 2.58. The normalized spacial score (nSPS) is 26.0. The maximum Gasteiger partial charge on any atom is 0.407 e. The number of allylic oxidation sites excluding steroid dienone is 2. The number of carbonyl (C=O) groups is 2. The molecule has 7 atom stereocenters. The molecule has 0 bridgehead atoms. The third-order valence-electron chi connectivity index (χ3n) is 13.9. The van der Waals surface area contributed by atoms with Gasteiger partial charge in [0.25, 0.3) is 0 Å². The topological polar surface area (TPSA) is 152 Å². The molecule has 3 N–H and O–H groups in total. The summed E-state index contributed by atoms with van der Waals surface area (Å²) >= 11 is 0. The predicted octanol–water partition coefficient (Wildman–Crippen LogP) is 9.31. The molecule has 4 rings (SSSR count). The van der Waals surface area contributed by atoms with Crippen LogP contribution in [0.1, 0.15) is 132 Å². The quantitative estimate of drug-likeness (QED) is 0.0487. The van der Waals surface area contributed by atoms with Crippen LogP contribution in [0, 0.1) is 46.3 Å². The van der Waals surface area contributed by atoms with E-state index in [9.17, 15) is 9.59 Å². The van der Waals surface area contributed by atoms with E-state index in [4.69, 9.17) is 43.0 Å². The van der Waals surface area contributed by atoms with E-state index in [1.54, 1.807) is 0 Å². The second-order valence-electron chi connectivity index (χ2n) is 19.9. The molecule has 62 heavy (non-hydrogen) atoms. The summed E-state index contributed by atoms with van der Waals surface area (Å²) in [5, 5.41) is 13.2. The summed E-state index contributed by atoms with van der Waals surface area (Å²) < 4.78 is 42.6. The summed E-state index contributed by atoms with van der Waals surface area (Å²) in [6.45, 7) is 25.0. The molecule has 0 heterocycles. The number of rotatable bonds is 29. The van der Waals surface area contributed by atoms with Crippen molar-refractivity contribution in [3.63, 3.8) is 0 Å². The average Bonchev–Trinajstić information content (AvgIpc) is 3.57. The third kappa shape index (κ3) is 20.0. The lowest BCUT2D eigenvalue weighted by Crippen LogP contribution is -2.50. The summed E-state index contributed by atoms with van der Waals surface area (Å²) in [4.78, 5) is 21.7. The Labute approximate surface area is 376 Å². The number of amides is 2. The van der Waals surface area contributed by atoms with Crippen LogP contribution in [0.2, 0.25) is 0 Å². The van der Waals surface area contributed by atoms with Gasteiger partial charge in [0.15, 0.2) is 0 Å². The van der Waals surface area contributed by atoms with Crippen molar-refractivity contribution in [3.05, 3.63) is 11.6 Å². The van der Waals surface area contributed by atoms with Crippen molar-refractivity contribution in [2.24, 2.45) is 46.3 Å². The van der Waals surface area contributed by atoms with Gasteiger partial charge in [0.1, 0.15) is 5.60 Å². The van der Waals surface area contributed by atoms with E-state index in [1.165, 1.54) is 77.0 Å². The van der Waals surface area contributed by atoms with Crippen molar-refractivity contribution in [2.75, 3.05) is 106 Å². The van der Waals surface area contributed by atoms with Crippen molar-refractivity contribution >= 4 is 12.2 Å². The highest BCUT2D eigenvalue weighted by molar-refractivity contribution is 5.67. The fourth-order valence-electron chi connectivity index (χ4n) is 10.9. The number of carboxylic acid groups (broad SMARTS) is 1. The zero-order valence-corrected chi connectivity index (χ0v) is 40.4. The molecule has 13 heteroatoms. The van der Waals surface area contributed by atoms with Crippen LogP contribution in [-0.4, -0.2) is 128 Å². The van der Waals surface area contributed by atoms with Crippen molar-refractivity contribution < 1.29 is 52.6 Å². The van der Waals surface area contributed by atoms with Gasteiger partial charge in [-0.25, -0.2) is 9.59 Å². The van der Waals surface area contributed by atoms with Gasteiger partial charge in [0.2, 0.25) is 0 Å². The van der Waals surface area contributed by atoms with Crippen LogP contribution in [-0.2, 0) is 37.9 Å². The Bertz CT molecular complexity index is 1260. The average molecular weight is 883 g/mol. The number of nitrogens with one attached hydrogen (secondary N) is 2. The van der Waals surface area contributed by atoms with Crippen molar-refractivity contribution in [1.29, 1.82) is 0 Å². The minimum atomic E-state index is -1.06. The molecular weight excluding hydrogens is 793 g/mol. The van der Waals surface area contributed by atoms with E-state index >= 15 is 0 Å². The van der Waals surface area contributed by atoms with Gasteiger partial charge in [-0.2, -0.15) is 0 Å². The Hall–Kier alpha value is -2.00. The van der Waals surface area contributed by atoms with E-state index in [0.717, 1.165) is 35.5 Å². The zero-order valence-electron chi connectivity index (χ0n) is 40.4. The zero-order chi connectivity index (χ0) is 45.3. The molecule has 2 amide bonds. The monoisotopic (exact) mass is 883 g/mol. The molecule has 0 radical (unpaired) electrons. The maximum absolute atomic E-state index is 11.4. The van der Waals surface area contributed by atoms with Crippen LogP contribution in [0.3, 0.4) is 0 Å². The lowest BCUT2D eigenvalue weighted by molar-refractivity contribution is -0.0500. The number of fused-ring (bicyclic) bond motifs is 5. The molecule has 0 aromatic heterocycles. The van der Waals surface area contributed by atoms with Crippen molar-refractivity contribution in [1.82, 2.24) is 10.6 Å². The van der Waals surface area contributed by atoms with Gasteiger partial charge in [-0.3, -0.25) is 0 Å².